The Labute approximate surface area is 238 Å². The lowest BCUT2D eigenvalue weighted by molar-refractivity contribution is 0.457. The third-order valence-electron chi connectivity index (χ3n) is 9.50. The molecule has 2 atom stereocenters. The van der Waals surface area contributed by atoms with Crippen LogP contribution in [0.2, 0.25) is 0 Å². The van der Waals surface area contributed by atoms with E-state index < -0.39 is 0 Å². The second-order valence-corrected chi connectivity index (χ2v) is 13.0. The van der Waals surface area contributed by atoms with Gasteiger partial charge in [-0.3, -0.25) is 0 Å². The summed E-state index contributed by atoms with van der Waals surface area (Å²) in [5, 5.41) is 0. The minimum Gasteiger partial charge on any atom is -0.0654 e. The van der Waals surface area contributed by atoms with Gasteiger partial charge in [0.15, 0.2) is 0 Å². The highest BCUT2D eigenvalue weighted by Gasteiger charge is 2.46. The molecule has 0 saturated heterocycles. The first kappa shape index (κ1) is 25.9. The molecular formula is C37H41Br. The number of unbranched alkanes of at least 4 members (excludes halogenated alkanes) is 1. The van der Waals surface area contributed by atoms with Gasteiger partial charge in [0.05, 0.1) is 0 Å². The monoisotopic (exact) mass is 564 g/mol. The quantitative estimate of drug-likeness (QED) is 0.242. The minimum absolute atomic E-state index is 0.212. The van der Waals surface area contributed by atoms with E-state index in [-0.39, 0.29) is 5.41 Å². The molecule has 0 aliphatic heterocycles. The van der Waals surface area contributed by atoms with Crippen molar-refractivity contribution < 1.29 is 0 Å². The highest BCUT2D eigenvalue weighted by molar-refractivity contribution is 9.10. The van der Waals surface area contributed by atoms with Crippen LogP contribution < -0.4 is 0 Å². The summed E-state index contributed by atoms with van der Waals surface area (Å²) in [6.07, 6.45) is 19.9. The second-order valence-electron chi connectivity index (χ2n) is 12.1. The van der Waals surface area contributed by atoms with Crippen molar-refractivity contribution in [3.05, 3.63) is 116 Å². The Morgan fingerprint density at radius 1 is 0.895 bits per heavy atom. The zero-order valence-corrected chi connectivity index (χ0v) is 24.7. The Morgan fingerprint density at radius 3 is 2.47 bits per heavy atom. The average Bonchev–Trinajstić information content (AvgIpc) is 3.76. The topological polar surface area (TPSA) is 0 Å². The van der Waals surface area contributed by atoms with E-state index in [0.29, 0.717) is 5.92 Å². The van der Waals surface area contributed by atoms with Crippen molar-refractivity contribution in [3.63, 3.8) is 0 Å². The molecule has 0 radical (unpaired) electrons. The molecule has 0 aromatic heterocycles. The summed E-state index contributed by atoms with van der Waals surface area (Å²) in [7, 11) is 0. The Hall–Kier alpha value is -2.38. The van der Waals surface area contributed by atoms with Crippen molar-refractivity contribution in [1.82, 2.24) is 0 Å². The largest absolute Gasteiger partial charge is 0.0654 e. The number of fused-ring (bicyclic) bond motifs is 4. The molecule has 1 fully saturated rings. The number of hydrogen-bond acceptors (Lipinski definition) is 0. The standard InChI is InChI=1S/C37H41Br/c1-3-4-7-26(2)8-5-9-27-12-17-31(18-13-27)37(22-23-37)32-19-16-28-14-15-30-24-29-10-6-11-36(38)34(29)21-20-33(30)35(28)25-32/h6,10-19,24-26,33H,3-5,7-9,20-23H2,1-2H3. The Balaban J connectivity index is 1.20. The summed E-state index contributed by atoms with van der Waals surface area (Å²) < 4.78 is 1.25. The molecule has 0 nitrogen and oxygen atoms in total. The smallest absolute Gasteiger partial charge is 0.0213 e. The fraction of sp³-hybridized carbons (Fsp3) is 0.405. The van der Waals surface area contributed by atoms with Crippen molar-refractivity contribution in [1.29, 1.82) is 0 Å². The van der Waals surface area contributed by atoms with Gasteiger partial charge in [0, 0.05) is 15.8 Å². The lowest BCUT2D eigenvalue weighted by Gasteiger charge is -2.26. The summed E-state index contributed by atoms with van der Waals surface area (Å²) in [6, 6.07) is 23.7. The van der Waals surface area contributed by atoms with Gasteiger partial charge in [-0.15, -0.1) is 0 Å². The van der Waals surface area contributed by atoms with Crippen molar-refractivity contribution in [2.24, 2.45) is 5.92 Å². The van der Waals surface area contributed by atoms with Crippen LogP contribution in [0.5, 0.6) is 0 Å². The van der Waals surface area contributed by atoms with Crippen LogP contribution in [-0.2, 0) is 18.3 Å². The van der Waals surface area contributed by atoms with Crippen LogP contribution >= 0.6 is 15.9 Å². The zero-order chi connectivity index (χ0) is 26.1. The fourth-order valence-electron chi connectivity index (χ4n) is 6.93. The lowest BCUT2D eigenvalue weighted by atomic mass is 9.78. The van der Waals surface area contributed by atoms with Gasteiger partial charge in [-0.05, 0) is 95.0 Å². The van der Waals surface area contributed by atoms with Crippen LogP contribution in [0.15, 0.2) is 76.8 Å². The predicted octanol–water partition coefficient (Wildman–Crippen LogP) is 10.8. The summed E-state index contributed by atoms with van der Waals surface area (Å²) in [4.78, 5) is 0. The number of benzene rings is 3. The van der Waals surface area contributed by atoms with Crippen LogP contribution in [0, 0.1) is 5.92 Å². The van der Waals surface area contributed by atoms with Crippen LogP contribution in [0.25, 0.3) is 12.2 Å². The molecule has 1 saturated carbocycles. The van der Waals surface area contributed by atoms with Gasteiger partial charge in [0.25, 0.3) is 0 Å². The van der Waals surface area contributed by atoms with Crippen LogP contribution in [0.1, 0.15) is 110 Å². The van der Waals surface area contributed by atoms with Crippen LogP contribution in [0.4, 0.5) is 0 Å². The van der Waals surface area contributed by atoms with Crippen LogP contribution in [0.3, 0.4) is 0 Å². The molecule has 6 rings (SSSR count). The van der Waals surface area contributed by atoms with Crippen molar-refractivity contribution in [2.75, 3.05) is 0 Å². The molecule has 0 heterocycles. The Kier molecular flexibility index (Phi) is 7.50. The molecule has 1 heteroatoms. The molecule has 196 valence electrons. The van der Waals surface area contributed by atoms with Gasteiger partial charge < -0.3 is 0 Å². The van der Waals surface area contributed by atoms with E-state index in [1.165, 1.54) is 107 Å². The normalized spacial score (nSPS) is 19.6. The van der Waals surface area contributed by atoms with E-state index >= 15 is 0 Å². The van der Waals surface area contributed by atoms with E-state index in [4.69, 9.17) is 0 Å². The molecule has 3 aromatic rings. The number of rotatable bonds is 9. The maximum atomic E-state index is 3.81. The van der Waals surface area contributed by atoms with Crippen molar-refractivity contribution in [3.8, 4) is 0 Å². The maximum Gasteiger partial charge on any atom is 0.0213 e. The zero-order valence-electron chi connectivity index (χ0n) is 23.1. The SMILES string of the molecule is CCCCC(C)CCCc1ccc(C2(c3ccc4c(c3)C3CCc5c(Br)cccc5C=C3C=C4)CC2)cc1. The number of halogens is 1. The first-order chi connectivity index (χ1) is 18.6. The Morgan fingerprint density at radius 2 is 1.68 bits per heavy atom. The number of aryl methyl sites for hydroxylation is 1. The molecule has 38 heavy (non-hydrogen) atoms. The molecule has 0 N–H and O–H groups in total. The molecular weight excluding hydrogens is 524 g/mol. The molecule has 0 bridgehead atoms. The first-order valence-electron chi connectivity index (χ1n) is 15.0. The number of hydrogen-bond donors (Lipinski definition) is 0. The summed E-state index contributed by atoms with van der Waals surface area (Å²) in [6.45, 7) is 4.72. The lowest BCUT2D eigenvalue weighted by Crippen LogP contribution is -2.13. The molecule has 3 aliphatic carbocycles. The maximum absolute atomic E-state index is 3.81. The molecule has 0 spiro atoms. The molecule has 3 aliphatic rings. The first-order valence-corrected chi connectivity index (χ1v) is 15.8. The average molecular weight is 566 g/mol. The van der Waals surface area contributed by atoms with Gasteiger partial charge in [-0.2, -0.15) is 0 Å². The highest BCUT2D eigenvalue weighted by atomic mass is 79.9. The summed E-state index contributed by atoms with van der Waals surface area (Å²) in [5.41, 5.74) is 12.0. The van der Waals surface area contributed by atoms with Gasteiger partial charge in [0.2, 0.25) is 0 Å². The van der Waals surface area contributed by atoms with E-state index in [0.717, 1.165) is 12.3 Å². The molecule has 0 amide bonds. The van der Waals surface area contributed by atoms with E-state index in [2.05, 4.69) is 109 Å². The van der Waals surface area contributed by atoms with Crippen molar-refractivity contribution >= 4 is 28.1 Å². The van der Waals surface area contributed by atoms with Crippen LogP contribution in [-0.4, -0.2) is 0 Å². The predicted molar refractivity (Wildman–Crippen MR) is 167 cm³/mol. The third kappa shape index (κ3) is 5.12. The summed E-state index contributed by atoms with van der Waals surface area (Å²) >= 11 is 3.81. The Bertz CT molecular complexity index is 1350. The second kappa shape index (κ2) is 11.0. The highest BCUT2D eigenvalue weighted by Crippen LogP contribution is 2.54. The van der Waals surface area contributed by atoms with Gasteiger partial charge >= 0.3 is 0 Å². The van der Waals surface area contributed by atoms with Gasteiger partial charge in [-0.25, -0.2) is 0 Å². The van der Waals surface area contributed by atoms with E-state index in [9.17, 15) is 0 Å². The molecule has 3 aromatic carbocycles. The summed E-state index contributed by atoms with van der Waals surface area (Å²) in [5.74, 6) is 1.34. The number of allylic oxidation sites excluding steroid dienone is 2. The molecule has 2 unspecified atom stereocenters. The fourth-order valence-corrected chi connectivity index (χ4v) is 7.51. The van der Waals surface area contributed by atoms with Gasteiger partial charge in [0.1, 0.15) is 0 Å². The van der Waals surface area contributed by atoms with Crippen molar-refractivity contribution in [2.45, 2.75) is 89.4 Å². The minimum atomic E-state index is 0.212. The third-order valence-corrected chi connectivity index (χ3v) is 10.2. The van der Waals surface area contributed by atoms with Gasteiger partial charge in [-0.1, -0.05) is 128 Å². The van der Waals surface area contributed by atoms with E-state index in [1.807, 2.05) is 0 Å². The van der Waals surface area contributed by atoms with E-state index in [1.54, 1.807) is 0 Å².